The molecule has 1 amide bonds. The van der Waals surface area contributed by atoms with E-state index < -0.39 is 11.7 Å². The number of carbonyl (C=O) groups is 1. The van der Waals surface area contributed by atoms with Crippen LogP contribution in [0.2, 0.25) is 5.02 Å². The van der Waals surface area contributed by atoms with E-state index in [4.69, 9.17) is 16.3 Å². The van der Waals surface area contributed by atoms with E-state index in [1.165, 1.54) is 12.1 Å². The van der Waals surface area contributed by atoms with Crippen LogP contribution in [0, 0.1) is 5.82 Å². The zero-order valence-corrected chi connectivity index (χ0v) is 14.0. The number of halogens is 2. The summed E-state index contributed by atoms with van der Waals surface area (Å²) in [6, 6.07) is 21.1. The Morgan fingerprint density at radius 1 is 0.960 bits per heavy atom. The van der Waals surface area contributed by atoms with Crippen molar-refractivity contribution in [3.63, 3.8) is 0 Å². The van der Waals surface area contributed by atoms with Gasteiger partial charge in [-0.15, -0.1) is 0 Å². The number of carbonyl (C=O) groups excluding carboxylic acids is 1. The highest BCUT2D eigenvalue weighted by atomic mass is 35.5. The molecule has 0 aliphatic rings. The molecule has 0 bridgehead atoms. The molecule has 0 aliphatic heterocycles. The fraction of sp³-hybridized carbons (Fsp3) is 0.0500. The van der Waals surface area contributed by atoms with Gasteiger partial charge in [-0.1, -0.05) is 60.1 Å². The van der Waals surface area contributed by atoms with Crippen LogP contribution in [0.5, 0.6) is 5.75 Å². The van der Waals surface area contributed by atoms with Crippen molar-refractivity contribution < 1.29 is 13.9 Å². The van der Waals surface area contributed by atoms with Gasteiger partial charge in [0.05, 0.1) is 10.7 Å². The fourth-order valence-electron chi connectivity index (χ4n) is 2.32. The third-order valence-corrected chi connectivity index (χ3v) is 3.84. The second kappa shape index (κ2) is 7.81. The minimum atomic E-state index is -0.499. The lowest BCUT2D eigenvalue weighted by Crippen LogP contribution is -2.20. The molecule has 0 aromatic heterocycles. The van der Waals surface area contributed by atoms with Gasteiger partial charge in [0.25, 0.3) is 5.91 Å². The smallest absolute Gasteiger partial charge is 0.262 e. The first-order valence-electron chi connectivity index (χ1n) is 7.65. The van der Waals surface area contributed by atoms with Crippen LogP contribution in [-0.2, 0) is 4.79 Å². The van der Waals surface area contributed by atoms with Crippen molar-refractivity contribution in [2.75, 3.05) is 11.9 Å². The molecule has 0 aliphatic carbocycles. The van der Waals surface area contributed by atoms with Gasteiger partial charge < -0.3 is 10.1 Å². The third-order valence-electron chi connectivity index (χ3n) is 3.55. The number of ether oxygens (including phenoxy) is 1. The molecule has 3 aromatic rings. The normalized spacial score (nSPS) is 10.3. The summed E-state index contributed by atoms with van der Waals surface area (Å²) < 4.78 is 18.9. The molecule has 126 valence electrons. The summed E-state index contributed by atoms with van der Waals surface area (Å²) in [6.07, 6.45) is 0. The van der Waals surface area contributed by atoms with Gasteiger partial charge >= 0.3 is 0 Å². The lowest BCUT2D eigenvalue weighted by Gasteiger charge is -2.10. The number of anilines is 1. The molecule has 0 atom stereocenters. The van der Waals surface area contributed by atoms with Crippen LogP contribution in [0.3, 0.4) is 0 Å². The summed E-state index contributed by atoms with van der Waals surface area (Å²) in [6.45, 7) is -0.265. The van der Waals surface area contributed by atoms with Crippen molar-refractivity contribution in [1.29, 1.82) is 0 Å². The molecule has 1 N–H and O–H groups in total. The standard InChI is InChI=1S/C20H15ClFNO2/c21-16-12-15(14-6-2-1-3-7-14)10-11-19(16)25-13-20(24)23-18-9-5-4-8-17(18)22/h1-12H,13H2,(H,23,24). The van der Waals surface area contributed by atoms with Crippen LogP contribution in [0.4, 0.5) is 10.1 Å². The van der Waals surface area contributed by atoms with Crippen LogP contribution in [-0.4, -0.2) is 12.5 Å². The maximum atomic E-state index is 13.5. The van der Waals surface area contributed by atoms with Gasteiger partial charge in [-0.3, -0.25) is 4.79 Å². The Balaban J connectivity index is 1.63. The quantitative estimate of drug-likeness (QED) is 0.686. The van der Waals surface area contributed by atoms with Gasteiger partial charge in [-0.2, -0.15) is 0 Å². The van der Waals surface area contributed by atoms with Gasteiger partial charge in [-0.25, -0.2) is 4.39 Å². The lowest BCUT2D eigenvalue weighted by molar-refractivity contribution is -0.118. The molecule has 5 heteroatoms. The number of benzene rings is 3. The van der Waals surface area contributed by atoms with Crippen molar-refractivity contribution in [3.8, 4) is 16.9 Å². The molecule has 0 saturated carbocycles. The Bertz CT molecular complexity index is 884. The molecule has 25 heavy (non-hydrogen) atoms. The lowest BCUT2D eigenvalue weighted by atomic mass is 10.1. The Labute approximate surface area is 150 Å². The number of rotatable bonds is 5. The van der Waals surface area contributed by atoms with Gasteiger partial charge in [0.1, 0.15) is 11.6 Å². The predicted octanol–water partition coefficient (Wildman–Crippen LogP) is 5.16. The first-order chi connectivity index (χ1) is 12.1. The Morgan fingerprint density at radius 2 is 1.68 bits per heavy atom. The minimum absolute atomic E-state index is 0.113. The van der Waals surface area contributed by atoms with Gasteiger partial charge in [0.2, 0.25) is 0 Å². The average molecular weight is 356 g/mol. The zero-order chi connectivity index (χ0) is 17.6. The highest BCUT2D eigenvalue weighted by Gasteiger charge is 2.09. The van der Waals surface area contributed by atoms with E-state index in [-0.39, 0.29) is 12.3 Å². The Morgan fingerprint density at radius 3 is 2.40 bits per heavy atom. The summed E-state index contributed by atoms with van der Waals surface area (Å²) in [4.78, 5) is 11.9. The van der Waals surface area contributed by atoms with Crippen LogP contribution in [0.1, 0.15) is 0 Å². The van der Waals surface area contributed by atoms with E-state index in [1.807, 2.05) is 36.4 Å². The highest BCUT2D eigenvalue weighted by molar-refractivity contribution is 6.32. The second-order valence-corrected chi connectivity index (χ2v) is 5.74. The zero-order valence-electron chi connectivity index (χ0n) is 13.2. The Hall–Kier alpha value is -2.85. The van der Waals surface area contributed by atoms with Crippen LogP contribution >= 0.6 is 11.6 Å². The van der Waals surface area contributed by atoms with E-state index in [1.54, 1.807) is 24.3 Å². The molecule has 3 rings (SSSR count). The summed E-state index contributed by atoms with van der Waals surface area (Å²) in [7, 11) is 0. The summed E-state index contributed by atoms with van der Waals surface area (Å²) in [5.74, 6) is -0.570. The van der Waals surface area contributed by atoms with Crippen LogP contribution in [0.15, 0.2) is 72.8 Å². The third kappa shape index (κ3) is 4.37. The molecule has 0 spiro atoms. The van der Waals surface area contributed by atoms with E-state index in [2.05, 4.69) is 5.32 Å². The van der Waals surface area contributed by atoms with Crippen molar-refractivity contribution in [2.45, 2.75) is 0 Å². The monoisotopic (exact) mass is 355 g/mol. The summed E-state index contributed by atoms with van der Waals surface area (Å²) in [5, 5.41) is 2.86. The molecular weight excluding hydrogens is 341 g/mol. The molecule has 0 saturated heterocycles. The first-order valence-corrected chi connectivity index (χ1v) is 8.03. The SMILES string of the molecule is O=C(COc1ccc(-c2ccccc2)cc1Cl)Nc1ccccc1F. The van der Waals surface area contributed by atoms with Gasteiger partial charge in [0, 0.05) is 0 Å². The van der Waals surface area contributed by atoms with Crippen LogP contribution < -0.4 is 10.1 Å². The molecule has 3 nitrogen and oxygen atoms in total. The van der Waals surface area contributed by atoms with Crippen molar-refractivity contribution >= 4 is 23.2 Å². The molecule has 0 heterocycles. The molecule has 0 unspecified atom stereocenters. The topological polar surface area (TPSA) is 38.3 Å². The first kappa shape index (κ1) is 17.0. The molecule has 0 fully saturated rings. The average Bonchev–Trinajstić information content (AvgIpc) is 2.63. The Kier molecular flexibility index (Phi) is 5.31. The van der Waals surface area contributed by atoms with Crippen LogP contribution in [0.25, 0.3) is 11.1 Å². The van der Waals surface area contributed by atoms with E-state index >= 15 is 0 Å². The molecule has 3 aromatic carbocycles. The number of hydrogen-bond donors (Lipinski definition) is 1. The van der Waals surface area contributed by atoms with E-state index in [0.717, 1.165) is 11.1 Å². The van der Waals surface area contributed by atoms with Crippen molar-refractivity contribution in [3.05, 3.63) is 83.6 Å². The summed E-state index contributed by atoms with van der Waals surface area (Å²) in [5.41, 5.74) is 2.10. The summed E-state index contributed by atoms with van der Waals surface area (Å²) >= 11 is 6.23. The van der Waals surface area contributed by atoms with Crippen molar-refractivity contribution in [1.82, 2.24) is 0 Å². The van der Waals surface area contributed by atoms with E-state index in [9.17, 15) is 9.18 Å². The fourth-order valence-corrected chi connectivity index (χ4v) is 2.56. The minimum Gasteiger partial charge on any atom is -0.482 e. The molecule has 0 radical (unpaired) electrons. The van der Waals surface area contributed by atoms with Gasteiger partial charge in [0.15, 0.2) is 6.61 Å². The number of amides is 1. The van der Waals surface area contributed by atoms with Gasteiger partial charge in [-0.05, 0) is 35.4 Å². The largest absolute Gasteiger partial charge is 0.482 e. The van der Waals surface area contributed by atoms with Crippen molar-refractivity contribution in [2.24, 2.45) is 0 Å². The predicted molar refractivity (Wildman–Crippen MR) is 97.4 cm³/mol. The molecular formula is C20H15ClFNO2. The second-order valence-electron chi connectivity index (χ2n) is 5.33. The maximum absolute atomic E-state index is 13.5. The number of hydrogen-bond acceptors (Lipinski definition) is 2. The van der Waals surface area contributed by atoms with E-state index in [0.29, 0.717) is 10.8 Å². The highest BCUT2D eigenvalue weighted by Crippen LogP contribution is 2.30. The number of nitrogens with one attached hydrogen (secondary N) is 1. The maximum Gasteiger partial charge on any atom is 0.262 e. The number of para-hydroxylation sites is 1.